The molecule has 1 amide bonds. The summed E-state index contributed by atoms with van der Waals surface area (Å²) in [5.41, 5.74) is 3.75. The predicted molar refractivity (Wildman–Crippen MR) is 96.3 cm³/mol. The van der Waals surface area contributed by atoms with Crippen LogP contribution in [-0.2, 0) is 16.0 Å². The molecule has 1 unspecified atom stereocenters. The summed E-state index contributed by atoms with van der Waals surface area (Å²) >= 11 is 0. The van der Waals surface area contributed by atoms with Gasteiger partial charge in [0.25, 0.3) is 0 Å². The van der Waals surface area contributed by atoms with E-state index in [0.717, 1.165) is 27.6 Å². The Morgan fingerprint density at radius 2 is 1.84 bits per heavy atom. The van der Waals surface area contributed by atoms with Crippen LogP contribution in [-0.4, -0.2) is 22.0 Å². The summed E-state index contributed by atoms with van der Waals surface area (Å²) in [6.45, 7) is 1.96. The number of H-pyrrole nitrogens is 1. The summed E-state index contributed by atoms with van der Waals surface area (Å²) in [7, 11) is 0. The van der Waals surface area contributed by atoms with Crippen molar-refractivity contribution in [2.24, 2.45) is 0 Å². The third-order valence-corrected chi connectivity index (χ3v) is 4.22. The van der Waals surface area contributed by atoms with E-state index in [9.17, 15) is 9.59 Å². The number of nitrogens with one attached hydrogen (secondary N) is 2. The topological polar surface area (TPSA) is 82.2 Å². The van der Waals surface area contributed by atoms with Crippen molar-refractivity contribution in [1.29, 1.82) is 0 Å². The first-order chi connectivity index (χ1) is 12.0. The van der Waals surface area contributed by atoms with Gasteiger partial charge in [0.1, 0.15) is 0 Å². The number of hydrogen-bond acceptors (Lipinski definition) is 2. The number of amides is 1. The minimum Gasteiger partial charge on any atom is -0.481 e. The van der Waals surface area contributed by atoms with Gasteiger partial charge in [-0.2, -0.15) is 0 Å². The number of aliphatic carboxylic acids is 1. The second-order valence-electron chi connectivity index (χ2n) is 6.16. The van der Waals surface area contributed by atoms with E-state index in [1.54, 1.807) is 0 Å². The number of hydrogen-bond donors (Lipinski definition) is 3. The number of carboxylic acid groups (broad SMARTS) is 1. The van der Waals surface area contributed by atoms with E-state index >= 15 is 0 Å². The number of fused-ring (bicyclic) bond motifs is 1. The monoisotopic (exact) mass is 336 g/mol. The van der Waals surface area contributed by atoms with Crippen molar-refractivity contribution in [3.8, 4) is 0 Å². The van der Waals surface area contributed by atoms with Crippen molar-refractivity contribution in [1.82, 2.24) is 10.3 Å². The molecule has 0 bridgehead atoms. The average Bonchev–Trinajstić information content (AvgIpc) is 2.98. The van der Waals surface area contributed by atoms with Crippen LogP contribution in [0.3, 0.4) is 0 Å². The Morgan fingerprint density at radius 1 is 1.12 bits per heavy atom. The lowest BCUT2D eigenvalue weighted by Crippen LogP contribution is -2.31. The number of rotatable bonds is 6. The van der Waals surface area contributed by atoms with Crippen molar-refractivity contribution in [2.45, 2.75) is 25.8 Å². The molecule has 25 heavy (non-hydrogen) atoms. The zero-order valence-electron chi connectivity index (χ0n) is 14.0. The minimum absolute atomic E-state index is 0.150. The molecule has 0 aliphatic carbocycles. The van der Waals surface area contributed by atoms with E-state index in [4.69, 9.17) is 5.11 Å². The Kier molecular flexibility index (Phi) is 4.84. The van der Waals surface area contributed by atoms with Gasteiger partial charge in [0.05, 0.1) is 18.9 Å². The molecule has 3 rings (SSSR count). The molecule has 0 saturated carbocycles. The van der Waals surface area contributed by atoms with Crippen molar-refractivity contribution >= 4 is 22.8 Å². The molecular formula is C20H20N2O3. The normalized spacial score (nSPS) is 12.0. The maximum atomic E-state index is 12.5. The van der Waals surface area contributed by atoms with Crippen LogP contribution in [0.15, 0.2) is 54.7 Å². The maximum Gasteiger partial charge on any atom is 0.305 e. The first-order valence-electron chi connectivity index (χ1n) is 8.15. The lowest BCUT2D eigenvalue weighted by atomic mass is 10.0. The summed E-state index contributed by atoms with van der Waals surface area (Å²) in [4.78, 5) is 26.8. The number of para-hydroxylation sites is 1. The molecule has 0 spiro atoms. The van der Waals surface area contributed by atoms with Gasteiger partial charge in [0.15, 0.2) is 0 Å². The van der Waals surface area contributed by atoms with Gasteiger partial charge in [-0.3, -0.25) is 9.59 Å². The minimum atomic E-state index is -0.946. The molecule has 5 heteroatoms. The largest absolute Gasteiger partial charge is 0.481 e. The standard InChI is InChI=1S/C20H20N2O3/c1-13-6-8-14(9-7-13)18(11-20(24)25)22-19(23)10-15-12-21-17-5-3-2-4-16(15)17/h2-9,12,18,21H,10-11H2,1H3,(H,22,23)(H,24,25). The third-order valence-electron chi connectivity index (χ3n) is 4.22. The lowest BCUT2D eigenvalue weighted by Gasteiger charge is -2.17. The first-order valence-corrected chi connectivity index (χ1v) is 8.15. The fourth-order valence-electron chi connectivity index (χ4n) is 2.92. The first kappa shape index (κ1) is 16.8. The Bertz CT molecular complexity index is 897. The Labute approximate surface area is 145 Å². The number of aryl methyl sites for hydroxylation is 1. The summed E-state index contributed by atoms with van der Waals surface area (Å²) in [5, 5.41) is 13.0. The van der Waals surface area contributed by atoms with E-state index in [2.05, 4.69) is 10.3 Å². The van der Waals surface area contributed by atoms with Gasteiger partial charge in [-0.25, -0.2) is 0 Å². The van der Waals surface area contributed by atoms with Crippen LogP contribution < -0.4 is 5.32 Å². The van der Waals surface area contributed by atoms with Gasteiger partial charge in [-0.1, -0.05) is 48.0 Å². The summed E-state index contributed by atoms with van der Waals surface area (Å²) in [6.07, 6.45) is 1.87. The second kappa shape index (κ2) is 7.21. The van der Waals surface area contributed by atoms with Crippen molar-refractivity contribution < 1.29 is 14.7 Å². The van der Waals surface area contributed by atoms with Gasteiger partial charge in [-0.15, -0.1) is 0 Å². The number of carbonyl (C=O) groups excluding carboxylic acids is 1. The number of carbonyl (C=O) groups is 2. The average molecular weight is 336 g/mol. The smallest absolute Gasteiger partial charge is 0.305 e. The van der Waals surface area contributed by atoms with Crippen LogP contribution in [0.25, 0.3) is 10.9 Å². The van der Waals surface area contributed by atoms with E-state index in [0.29, 0.717) is 0 Å². The molecule has 0 aliphatic heterocycles. The molecule has 2 aromatic carbocycles. The molecule has 1 aromatic heterocycles. The van der Waals surface area contributed by atoms with Crippen molar-refractivity contribution in [2.75, 3.05) is 0 Å². The zero-order chi connectivity index (χ0) is 17.8. The molecule has 3 aromatic rings. The molecule has 128 valence electrons. The second-order valence-corrected chi connectivity index (χ2v) is 6.16. The van der Waals surface area contributed by atoms with Crippen molar-refractivity contribution in [3.05, 3.63) is 71.4 Å². The van der Waals surface area contributed by atoms with Crippen LogP contribution in [0, 0.1) is 6.92 Å². The summed E-state index contributed by atoms with van der Waals surface area (Å²) in [5.74, 6) is -1.14. The van der Waals surface area contributed by atoms with Gasteiger partial charge in [0.2, 0.25) is 5.91 Å². The molecule has 1 heterocycles. The van der Waals surface area contributed by atoms with Crippen molar-refractivity contribution in [3.63, 3.8) is 0 Å². The highest BCUT2D eigenvalue weighted by atomic mass is 16.4. The highest BCUT2D eigenvalue weighted by Gasteiger charge is 2.19. The number of aromatic amines is 1. The van der Waals surface area contributed by atoms with Crippen LogP contribution in [0.2, 0.25) is 0 Å². The van der Waals surface area contributed by atoms with Crippen LogP contribution in [0.4, 0.5) is 0 Å². The lowest BCUT2D eigenvalue weighted by molar-refractivity contribution is -0.137. The molecule has 5 nitrogen and oxygen atoms in total. The van der Waals surface area contributed by atoms with E-state index < -0.39 is 12.0 Å². The highest BCUT2D eigenvalue weighted by molar-refractivity contribution is 5.89. The van der Waals surface area contributed by atoms with Gasteiger partial charge >= 0.3 is 5.97 Å². The number of carboxylic acids is 1. The number of aromatic nitrogens is 1. The van der Waals surface area contributed by atoms with E-state index in [1.165, 1.54) is 0 Å². The molecule has 0 aliphatic rings. The molecular weight excluding hydrogens is 316 g/mol. The molecule has 0 fully saturated rings. The van der Waals surface area contributed by atoms with Crippen LogP contribution >= 0.6 is 0 Å². The molecule has 0 radical (unpaired) electrons. The van der Waals surface area contributed by atoms with Crippen LogP contribution in [0.1, 0.15) is 29.2 Å². The maximum absolute atomic E-state index is 12.5. The zero-order valence-corrected chi connectivity index (χ0v) is 14.0. The van der Waals surface area contributed by atoms with E-state index in [1.807, 2.05) is 61.7 Å². The highest BCUT2D eigenvalue weighted by Crippen LogP contribution is 2.20. The molecule has 3 N–H and O–H groups in total. The summed E-state index contributed by atoms with van der Waals surface area (Å²) < 4.78 is 0. The predicted octanol–water partition coefficient (Wildman–Crippen LogP) is 3.35. The fourth-order valence-corrected chi connectivity index (χ4v) is 2.92. The molecule has 0 saturated heterocycles. The van der Waals surface area contributed by atoms with Crippen LogP contribution in [0.5, 0.6) is 0 Å². The fraction of sp³-hybridized carbons (Fsp3) is 0.200. The Hall–Kier alpha value is -3.08. The van der Waals surface area contributed by atoms with Gasteiger partial charge in [0, 0.05) is 17.1 Å². The Balaban J connectivity index is 1.75. The van der Waals surface area contributed by atoms with Gasteiger partial charge < -0.3 is 15.4 Å². The Morgan fingerprint density at radius 3 is 2.56 bits per heavy atom. The SMILES string of the molecule is Cc1ccc(C(CC(=O)O)NC(=O)Cc2c[nH]c3ccccc23)cc1. The number of benzene rings is 2. The summed E-state index contributed by atoms with van der Waals surface area (Å²) in [6, 6.07) is 14.8. The van der Waals surface area contributed by atoms with E-state index in [-0.39, 0.29) is 18.7 Å². The van der Waals surface area contributed by atoms with Gasteiger partial charge in [-0.05, 0) is 24.1 Å². The third kappa shape index (κ3) is 4.07. The molecule has 1 atom stereocenters. The quantitative estimate of drug-likeness (QED) is 0.645.